The summed E-state index contributed by atoms with van der Waals surface area (Å²) in [6.45, 7) is 1.52. The number of sulfonamides is 1. The number of hydrogen-bond donors (Lipinski definition) is 2. The Bertz CT molecular complexity index is 1370. The highest BCUT2D eigenvalue weighted by molar-refractivity contribution is 7.91. The number of rotatable bonds is 6. The molecule has 166 valence electrons. The number of nitrogens with one attached hydrogen (secondary N) is 1. The number of nitrogens with zero attached hydrogens (tertiary/aromatic N) is 1. The zero-order valence-corrected chi connectivity index (χ0v) is 17.7. The molecule has 32 heavy (non-hydrogen) atoms. The van der Waals surface area contributed by atoms with E-state index in [2.05, 4.69) is 26.2 Å². The molecule has 12 heteroatoms. The smallest absolute Gasteiger partial charge is 0.452 e. The molecular formula is C20H13F3N2O5S2. The number of hydrogen-bond acceptors (Lipinski definition) is 6. The van der Waals surface area contributed by atoms with Gasteiger partial charge in [-0.25, -0.2) is 13.2 Å². The number of carboxylic acids is 1. The predicted molar refractivity (Wildman–Crippen MR) is 107 cm³/mol. The molecule has 0 amide bonds. The maximum Gasteiger partial charge on any atom is 0.452 e. The Morgan fingerprint density at radius 3 is 2.41 bits per heavy atom. The van der Waals surface area contributed by atoms with E-state index in [4.69, 9.17) is 0 Å². The molecule has 3 aromatic rings. The first-order valence-corrected chi connectivity index (χ1v) is 11.2. The number of carboxylic acid groups (broad SMARTS) is 1. The maximum absolute atomic E-state index is 13.0. The molecule has 0 spiro atoms. The first-order valence-electron chi connectivity index (χ1n) is 8.90. The highest BCUT2D eigenvalue weighted by atomic mass is 32.2. The van der Waals surface area contributed by atoms with Gasteiger partial charge in [0.1, 0.15) is 9.90 Å². The van der Waals surface area contributed by atoms with Crippen molar-refractivity contribution in [3.05, 3.63) is 59.9 Å². The van der Waals surface area contributed by atoms with E-state index in [1.165, 1.54) is 13.0 Å². The standard InChI is InChI=1S/C20H13F3N2O5S2/c1-18(12-5-3-2-4-6-12)9-10-19(18,17(26)27)25-32(28,29)16-8-7-14(31-16)13-11-15(30-24-13)20(21,22)23/h2-8,11,25H,1H3,(H,26,27)/t18-,19-/m1/s1. The Morgan fingerprint density at radius 2 is 1.88 bits per heavy atom. The van der Waals surface area contributed by atoms with E-state index in [1.807, 2.05) is 0 Å². The third kappa shape index (κ3) is 3.38. The third-order valence-corrected chi connectivity index (χ3v) is 8.15. The van der Waals surface area contributed by atoms with E-state index < -0.39 is 38.9 Å². The minimum absolute atomic E-state index is 0.0968. The van der Waals surface area contributed by atoms with Crippen LogP contribution in [0.25, 0.3) is 10.6 Å². The van der Waals surface area contributed by atoms with E-state index in [9.17, 15) is 31.5 Å². The number of benzene rings is 1. The summed E-state index contributed by atoms with van der Waals surface area (Å²) in [5.41, 5.74) is -3.16. The van der Waals surface area contributed by atoms with Crippen molar-refractivity contribution in [1.82, 2.24) is 9.88 Å². The van der Waals surface area contributed by atoms with Gasteiger partial charge in [-0.1, -0.05) is 47.3 Å². The van der Waals surface area contributed by atoms with E-state index in [0.717, 1.165) is 6.07 Å². The average molecular weight is 482 g/mol. The van der Waals surface area contributed by atoms with Crippen LogP contribution in [0.5, 0.6) is 0 Å². The molecule has 0 radical (unpaired) electrons. The average Bonchev–Trinajstić information content (AvgIpc) is 3.40. The lowest BCUT2D eigenvalue weighted by Crippen LogP contribution is -2.68. The van der Waals surface area contributed by atoms with Gasteiger partial charge in [0.15, 0.2) is 0 Å². The summed E-state index contributed by atoms with van der Waals surface area (Å²) < 4.78 is 70.4. The lowest BCUT2D eigenvalue weighted by Gasteiger charge is -2.44. The highest BCUT2D eigenvalue weighted by Crippen LogP contribution is 2.42. The Labute approximate surface area is 183 Å². The first kappa shape index (κ1) is 22.1. The van der Waals surface area contributed by atoms with Gasteiger partial charge in [-0.2, -0.15) is 17.9 Å². The molecule has 1 aromatic carbocycles. The van der Waals surface area contributed by atoms with Crippen molar-refractivity contribution in [2.24, 2.45) is 0 Å². The van der Waals surface area contributed by atoms with Crippen LogP contribution in [0.4, 0.5) is 13.2 Å². The van der Waals surface area contributed by atoms with Crippen molar-refractivity contribution in [1.29, 1.82) is 0 Å². The van der Waals surface area contributed by atoms with E-state index in [1.54, 1.807) is 30.3 Å². The Hall–Kier alpha value is -3.14. The maximum atomic E-state index is 13.0. The monoisotopic (exact) mass is 482 g/mol. The fourth-order valence-corrected chi connectivity index (χ4v) is 5.87. The van der Waals surface area contributed by atoms with E-state index >= 15 is 0 Å². The lowest BCUT2D eigenvalue weighted by molar-refractivity contribution is -0.155. The molecule has 0 fully saturated rings. The van der Waals surface area contributed by atoms with Crippen molar-refractivity contribution in [3.8, 4) is 22.4 Å². The van der Waals surface area contributed by atoms with Gasteiger partial charge in [0.25, 0.3) is 10.0 Å². The van der Waals surface area contributed by atoms with Crippen molar-refractivity contribution in [3.63, 3.8) is 0 Å². The summed E-state index contributed by atoms with van der Waals surface area (Å²) in [5.74, 6) is 2.39. The van der Waals surface area contributed by atoms with E-state index in [0.29, 0.717) is 23.0 Å². The second-order valence-corrected chi connectivity index (χ2v) is 10.1. The Balaban J connectivity index is 1.67. The van der Waals surface area contributed by atoms with Crippen molar-refractivity contribution in [2.75, 3.05) is 0 Å². The summed E-state index contributed by atoms with van der Waals surface area (Å²) in [6.07, 6.45) is -4.74. The molecule has 0 bridgehead atoms. The molecule has 4 rings (SSSR count). The third-order valence-electron chi connectivity index (χ3n) is 5.10. The highest BCUT2D eigenvalue weighted by Gasteiger charge is 2.61. The van der Waals surface area contributed by atoms with Gasteiger partial charge in [0.2, 0.25) is 11.3 Å². The van der Waals surface area contributed by atoms with Crippen molar-refractivity contribution < 1.29 is 36.0 Å². The van der Waals surface area contributed by atoms with Gasteiger partial charge in [0, 0.05) is 6.07 Å². The van der Waals surface area contributed by atoms with Crippen LogP contribution < -0.4 is 4.72 Å². The molecule has 0 saturated carbocycles. The number of carbonyl (C=O) groups is 1. The topological polar surface area (TPSA) is 110 Å². The molecule has 2 atom stereocenters. The molecule has 7 nitrogen and oxygen atoms in total. The molecule has 2 aromatic heterocycles. The van der Waals surface area contributed by atoms with Gasteiger partial charge >= 0.3 is 12.1 Å². The molecular weight excluding hydrogens is 469 g/mol. The summed E-state index contributed by atoms with van der Waals surface area (Å²) in [6, 6.07) is 11.4. The quantitative estimate of drug-likeness (QED) is 0.521. The number of thiophene rings is 1. The molecule has 1 aliphatic carbocycles. The Morgan fingerprint density at radius 1 is 1.19 bits per heavy atom. The second-order valence-electron chi connectivity index (χ2n) is 7.09. The predicted octanol–water partition coefficient (Wildman–Crippen LogP) is 3.50. The van der Waals surface area contributed by atoms with Crippen LogP contribution in [0, 0.1) is 11.8 Å². The van der Waals surface area contributed by atoms with Crippen LogP contribution in [-0.4, -0.2) is 30.2 Å². The van der Waals surface area contributed by atoms with Gasteiger partial charge in [-0.3, -0.25) is 0 Å². The van der Waals surface area contributed by atoms with Crippen LogP contribution in [0.3, 0.4) is 0 Å². The van der Waals surface area contributed by atoms with Gasteiger partial charge in [-0.15, -0.1) is 11.3 Å². The minimum Gasteiger partial charge on any atom is -0.479 e. The molecule has 1 aliphatic rings. The summed E-state index contributed by atoms with van der Waals surface area (Å²) in [4.78, 5) is 12.3. The SMILES string of the molecule is C[C@]1(c2ccccc2)C#C[C@@]1(NS(=O)(=O)c1ccc(-c2cc(C(F)(F)F)on2)s1)C(=O)O. The minimum atomic E-state index is -4.74. The molecule has 0 saturated heterocycles. The van der Waals surface area contributed by atoms with Crippen LogP contribution in [0.2, 0.25) is 0 Å². The fraction of sp³-hybridized carbons (Fsp3) is 0.200. The molecule has 0 aliphatic heterocycles. The molecule has 2 N–H and O–H groups in total. The summed E-state index contributed by atoms with van der Waals surface area (Å²) in [5, 5.41) is 13.2. The van der Waals surface area contributed by atoms with Gasteiger partial charge in [-0.05, 0) is 24.6 Å². The first-order chi connectivity index (χ1) is 14.9. The zero-order valence-electron chi connectivity index (χ0n) is 16.1. The number of aromatic nitrogens is 1. The summed E-state index contributed by atoms with van der Waals surface area (Å²) in [7, 11) is -4.41. The number of aliphatic carboxylic acids is 1. The molecule has 2 heterocycles. The van der Waals surface area contributed by atoms with Crippen LogP contribution in [0.1, 0.15) is 18.2 Å². The van der Waals surface area contributed by atoms with Crippen LogP contribution in [-0.2, 0) is 26.4 Å². The lowest BCUT2D eigenvalue weighted by atomic mass is 9.61. The van der Waals surface area contributed by atoms with Gasteiger partial charge < -0.3 is 9.63 Å². The fourth-order valence-electron chi connectivity index (χ4n) is 3.25. The number of alkyl halides is 3. The normalized spacial score (nSPS) is 22.6. The molecule has 0 unspecified atom stereocenters. The van der Waals surface area contributed by atoms with E-state index in [-0.39, 0.29) is 14.8 Å². The van der Waals surface area contributed by atoms with Crippen LogP contribution in [0.15, 0.2) is 57.3 Å². The largest absolute Gasteiger partial charge is 0.479 e. The van der Waals surface area contributed by atoms with Crippen LogP contribution >= 0.6 is 11.3 Å². The van der Waals surface area contributed by atoms with Gasteiger partial charge in [0.05, 0.1) is 10.3 Å². The Kier molecular flexibility index (Phi) is 4.96. The zero-order chi connectivity index (χ0) is 23.4. The summed E-state index contributed by atoms with van der Waals surface area (Å²) >= 11 is 0.618. The van der Waals surface area contributed by atoms with Crippen molar-refractivity contribution >= 4 is 27.3 Å². The second kappa shape index (κ2) is 7.19. The van der Waals surface area contributed by atoms with Crippen molar-refractivity contribution in [2.45, 2.75) is 28.3 Å². The number of halogens is 3.